The summed E-state index contributed by atoms with van der Waals surface area (Å²) in [6.07, 6.45) is 0. The Morgan fingerprint density at radius 1 is 1.38 bits per heavy atom. The number of hydrogen-bond acceptors (Lipinski definition) is 1. The van der Waals surface area contributed by atoms with Crippen molar-refractivity contribution >= 4 is 23.4 Å². The van der Waals surface area contributed by atoms with Gasteiger partial charge in [-0.2, -0.15) is 13.2 Å². The number of halogens is 5. The van der Waals surface area contributed by atoms with Crippen LogP contribution in [-0.2, 0) is 0 Å². The zero-order chi connectivity index (χ0) is 10.1. The molecule has 0 saturated carbocycles. The molecule has 6 heteroatoms. The molecule has 13 heavy (non-hydrogen) atoms. The lowest BCUT2D eigenvalue weighted by molar-refractivity contribution is -0.0328. The molecule has 1 radical (unpaired) electrons. The third-order valence-corrected chi connectivity index (χ3v) is 2.03. The molecule has 0 fully saturated rings. The van der Waals surface area contributed by atoms with E-state index < -0.39 is 11.3 Å². The number of thioether (sulfide) groups is 1. The summed E-state index contributed by atoms with van der Waals surface area (Å²) >= 11 is 4.88. The first-order valence-electron chi connectivity index (χ1n) is 3.01. The second-order valence-corrected chi connectivity index (χ2v) is 3.56. The Balaban J connectivity index is 2.86. The largest absolute Gasteiger partial charge is 0.446 e. The van der Waals surface area contributed by atoms with Crippen LogP contribution in [0.1, 0.15) is 0 Å². The molecule has 0 spiro atoms. The summed E-state index contributed by atoms with van der Waals surface area (Å²) in [6, 6.07) is 3.78. The quantitative estimate of drug-likeness (QED) is 0.520. The Morgan fingerprint density at radius 2 is 2.00 bits per heavy atom. The highest BCUT2D eigenvalue weighted by Gasteiger charge is 2.29. The Morgan fingerprint density at radius 3 is 2.46 bits per heavy atom. The highest BCUT2D eigenvalue weighted by Crippen LogP contribution is 2.37. The van der Waals surface area contributed by atoms with Crippen molar-refractivity contribution in [2.75, 3.05) is 0 Å². The second kappa shape index (κ2) is 3.75. The summed E-state index contributed by atoms with van der Waals surface area (Å²) in [7, 11) is 0. The molecule has 1 rings (SSSR count). The Labute approximate surface area is 80.9 Å². The summed E-state index contributed by atoms with van der Waals surface area (Å²) < 4.78 is 47.8. The lowest BCUT2D eigenvalue weighted by atomic mass is 10.3. The molecule has 0 nitrogen and oxygen atoms in total. The summed E-state index contributed by atoms with van der Waals surface area (Å²) in [6.45, 7) is 0. The van der Waals surface area contributed by atoms with Gasteiger partial charge in [0.15, 0.2) is 0 Å². The van der Waals surface area contributed by atoms with Gasteiger partial charge in [-0.25, -0.2) is 4.39 Å². The van der Waals surface area contributed by atoms with Crippen LogP contribution < -0.4 is 0 Å². The van der Waals surface area contributed by atoms with E-state index in [2.05, 4.69) is 6.07 Å². The lowest BCUT2D eigenvalue weighted by Crippen LogP contribution is -1.99. The molecule has 0 N–H and O–H groups in total. The van der Waals surface area contributed by atoms with Crippen LogP contribution in [-0.4, -0.2) is 5.51 Å². The average molecular weight is 230 g/mol. The number of alkyl halides is 3. The molecular weight excluding hydrogens is 228 g/mol. The van der Waals surface area contributed by atoms with Crippen LogP contribution in [0.4, 0.5) is 17.6 Å². The van der Waals surface area contributed by atoms with Gasteiger partial charge in [0.1, 0.15) is 5.82 Å². The number of rotatable bonds is 1. The Hall–Kier alpha value is -0.420. The predicted molar refractivity (Wildman–Crippen MR) is 42.2 cm³/mol. The van der Waals surface area contributed by atoms with Crippen molar-refractivity contribution < 1.29 is 17.6 Å². The molecule has 0 saturated heterocycles. The highest BCUT2D eigenvalue weighted by atomic mass is 35.5. The van der Waals surface area contributed by atoms with Crippen LogP contribution in [0.5, 0.6) is 0 Å². The van der Waals surface area contributed by atoms with Crippen molar-refractivity contribution in [2.24, 2.45) is 0 Å². The van der Waals surface area contributed by atoms with Crippen molar-refractivity contribution in [1.82, 2.24) is 0 Å². The van der Waals surface area contributed by atoms with Crippen LogP contribution in [0.25, 0.3) is 0 Å². The fraction of sp³-hybridized carbons (Fsp3) is 0.143. The van der Waals surface area contributed by atoms with Gasteiger partial charge in [-0.3, -0.25) is 0 Å². The molecular formula is C7H2ClF4S. The predicted octanol–water partition coefficient (Wildman–Crippen LogP) is 3.89. The fourth-order valence-corrected chi connectivity index (χ4v) is 1.39. The van der Waals surface area contributed by atoms with Gasteiger partial charge in [-0.1, -0.05) is 11.6 Å². The van der Waals surface area contributed by atoms with Crippen LogP contribution in [0.15, 0.2) is 17.0 Å². The van der Waals surface area contributed by atoms with E-state index in [1.54, 1.807) is 0 Å². The normalized spacial score (nSPS) is 11.8. The maximum absolute atomic E-state index is 12.5. The van der Waals surface area contributed by atoms with E-state index in [0.29, 0.717) is 0 Å². The third-order valence-electron chi connectivity index (χ3n) is 1.05. The molecule has 0 bridgehead atoms. The van der Waals surface area contributed by atoms with Crippen molar-refractivity contribution in [1.29, 1.82) is 0 Å². The molecule has 0 aliphatic carbocycles. The van der Waals surface area contributed by atoms with Gasteiger partial charge in [0.05, 0.1) is 5.02 Å². The van der Waals surface area contributed by atoms with Gasteiger partial charge >= 0.3 is 5.51 Å². The first kappa shape index (κ1) is 10.7. The molecule has 71 valence electrons. The van der Waals surface area contributed by atoms with E-state index >= 15 is 0 Å². The molecule has 1 aromatic rings. The maximum Gasteiger partial charge on any atom is 0.446 e. The maximum atomic E-state index is 12.5. The highest BCUT2D eigenvalue weighted by molar-refractivity contribution is 8.00. The molecule has 0 amide bonds. The monoisotopic (exact) mass is 229 g/mol. The van der Waals surface area contributed by atoms with E-state index in [1.165, 1.54) is 0 Å². The summed E-state index contributed by atoms with van der Waals surface area (Å²) in [5, 5.41) is -0.342. The summed E-state index contributed by atoms with van der Waals surface area (Å²) in [5.74, 6) is -0.784. The first-order chi connectivity index (χ1) is 5.88. The van der Waals surface area contributed by atoms with E-state index in [0.717, 1.165) is 12.1 Å². The van der Waals surface area contributed by atoms with Crippen molar-refractivity contribution in [2.45, 2.75) is 10.4 Å². The molecule has 0 unspecified atom stereocenters. The minimum absolute atomic E-state index is 0.251. The van der Waals surface area contributed by atoms with Gasteiger partial charge in [-0.05, 0) is 30.0 Å². The standard InChI is InChI=1S/C7H2ClF4S/c8-5-3-4(1-2-6(5)9)13-7(10,11)12/h2-3H. The summed E-state index contributed by atoms with van der Waals surface area (Å²) in [4.78, 5) is -0.251. The van der Waals surface area contributed by atoms with Crippen molar-refractivity contribution in [3.8, 4) is 0 Å². The Bertz CT molecular complexity index is 310. The van der Waals surface area contributed by atoms with Crippen LogP contribution >= 0.6 is 23.4 Å². The van der Waals surface area contributed by atoms with Crippen LogP contribution in [0.2, 0.25) is 5.02 Å². The van der Waals surface area contributed by atoms with E-state index in [4.69, 9.17) is 11.6 Å². The Kier molecular flexibility index (Phi) is 3.08. The van der Waals surface area contributed by atoms with E-state index in [9.17, 15) is 17.6 Å². The minimum atomic E-state index is -4.41. The third kappa shape index (κ3) is 3.44. The number of hydrogen-bond donors (Lipinski definition) is 0. The minimum Gasteiger partial charge on any atom is -0.205 e. The average Bonchev–Trinajstić information content (AvgIpc) is 1.94. The zero-order valence-corrected chi connectivity index (χ0v) is 7.53. The lowest BCUT2D eigenvalue weighted by Gasteiger charge is -2.04. The molecule has 1 aromatic carbocycles. The smallest absolute Gasteiger partial charge is 0.205 e. The second-order valence-electron chi connectivity index (χ2n) is 2.04. The van der Waals surface area contributed by atoms with E-state index in [-0.39, 0.29) is 21.7 Å². The molecule has 0 heterocycles. The van der Waals surface area contributed by atoms with Gasteiger partial charge in [0.25, 0.3) is 0 Å². The SMILES string of the molecule is Fc1c[c]c(SC(F)(F)F)cc1Cl. The van der Waals surface area contributed by atoms with Crippen molar-refractivity contribution in [3.63, 3.8) is 0 Å². The number of benzene rings is 1. The van der Waals surface area contributed by atoms with Gasteiger partial charge in [-0.15, -0.1) is 0 Å². The molecule has 0 aliphatic rings. The summed E-state index contributed by atoms with van der Waals surface area (Å²) in [5.41, 5.74) is -4.41. The zero-order valence-electron chi connectivity index (χ0n) is 5.95. The van der Waals surface area contributed by atoms with E-state index in [1.807, 2.05) is 0 Å². The van der Waals surface area contributed by atoms with Gasteiger partial charge in [0.2, 0.25) is 0 Å². The van der Waals surface area contributed by atoms with Crippen molar-refractivity contribution in [3.05, 3.63) is 29.0 Å². The van der Waals surface area contributed by atoms with Gasteiger partial charge in [0, 0.05) is 4.90 Å². The molecule has 0 atom stereocenters. The molecule has 0 aliphatic heterocycles. The topological polar surface area (TPSA) is 0 Å². The van der Waals surface area contributed by atoms with Crippen LogP contribution in [0.3, 0.4) is 0 Å². The first-order valence-corrected chi connectivity index (χ1v) is 4.20. The van der Waals surface area contributed by atoms with Gasteiger partial charge < -0.3 is 0 Å². The van der Waals surface area contributed by atoms with Crippen LogP contribution in [0, 0.1) is 11.9 Å². The fourth-order valence-electron chi connectivity index (χ4n) is 0.613. The molecule has 0 aromatic heterocycles.